The van der Waals surface area contributed by atoms with Crippen molar-refractivity contribution < 1.29 is 10.2 Å². The molecule has 0 bridgehead atoms. The molecule has 0 aliphatic heterocycles. The van der Waals surface area contributed by atoms with Crippen molar-refractivity contribution in [1.29, 1.82) is 0 Å². The van der Waals surface area contributed by atoms with Gasteiger partial charge in [0, 0.05) is 0 Å². The van der Waals surface area contributed by atoms with Crippen molar-refractivity contribution in [1.82, 2.24) is 5.32 Å². The topological polar surface area (TPSA) is 52.5 Å². The van der Waals surface area contributed by atoms with Crippen LogP contribution in [0, 0.1) is 0 Å². The fraction of sp³-hybridized carbons (Fsp3) is 0.400. The normalized spacial score (nSPS) is 15.3. The summed E-state index contributed by atoms with van der Waals surface area (Å²) in [5.74, 6) is 0.205. The molecule has 0 fully saturated rings. The highest BCUT2D eigenvalue weighted by atomic mass is 16.3. The molecule has 0 heterocycles. The molecule has 0 aromatic heterocycles. The van der Waals surface area contributed by atoms with Crippen molar-refractivity contribution in [3.63, 3.8) is 0 Å². The number of phenols is 1. The molecule has 0 amide bonds. The average molecular weight is 181 g/mol. The number of hydrogen-bond acceptors (Lipinski definition) is 3. The first kappa shape index (κ1) is 10.0. The first-order valence-corrected chi connectivity index (χ1v) is 4.33. The largest absolute Gasteiger partial charge is 0.508 e. The Morgan fingerprint density at radius 1 is 1.31 bits per heavy atom. The lowest BCUT2D eigenvalue weighted by Gasteiger charge is -2.24. The molecule has 0 aliphatic carbocycles. The molecule has 1 aromatic carbocycles. The summed E-state index contributed by atoms with van der Waals surface area (Å²) in [5.41, 5.74) is -0.283. The molecular weight excluding hydrogens is 166 g/mol. The Hall–Kier alpha value is -1.06. The third-order valence-electron chi connectivity index (χ3n) is 1.95. The summed E-state index contributed by atoms with van der Waals surface area (Å²) in [6.07, 6.45) is 0. The van der Waals surface area contributed by atoms with Crippen molar-refractivity contribution in [2.75, 3.05) is 6.54 Å². The van der Waals surface area contributed by atoms with Crippen molar-refractivity contribution in [3.8, 4) is 5.75 Å². The third-order valence-corrected chi connectivity index (χ3v) is 1.95. The zero-order chi connectivity index (χ0) is 9.90. The summed E-state index contributed by atoms with van der Waals surface area (Å²) in [6, 6.07) is 6.50. The van der Waals surface area contributed by atoms with Crippen LogP contribution in [-0.2, 0) is 5.72 Å². The molecule has 1 atom stereocenters. The lowest BCUT2D eigenvalue weighted by Crippen LogP contribution is -2.38. The van der Waals surface area contributed by atoms with E-state index in [1.807, 2.05) is 6.92 Å². The van der Waals surface area contributed by atoms with Crippen LogP contribution in [-0.4, -0.2) is 16.8 Å². The van der Waals surface area contributed by atoms with Gasteiger partial charge in [-0.1, -0.05) is 19.1 Å². The van der Waals surface area contributed by atoms with Gasteiger partial charge in [-0.05, 0) is 31.2 Å². The first-order valence-electron chi connectivity index (χ1n) is 4.33. The Morgan fingerprint density at radius 2 is 1.85 bits per heavy atom. The van der Waals surface area contributed by atoms with Crippen molar-refractivity contribution in [3.05, 3.63) is 29.8 Å². The van der Waals surface area contributed by atoms with Crippen LogP contribution in [0.1, 0.15) is 19.4 Å². The van der Waals surface area contributed by atoms with Crippen LogP contribution in [0.2, 0.25) is 0 Å². The molecule has 1 aromatic rings. The molecule has 0 saturated heterocycles. The summed E-state index contributed by atoms with van der Waals surface area (Å²) in [5, 5.41) is 21.9. The summed E-state index contributed by atoms with van der Waals surface area (Å²) < 4.78 is 0. The summed E-state index contributed by atoms with van der Waals surface area (Å²) in [7, 11) is 0. The second kappa shape index (κ2) is 3.77. The van der Waals surface area contributed by atoms with Crippen LogP contribution >= 0.6 is 0 Å². The maximum absolute atomic E-state index is 9.88. The molecule has 0 saturated carbocycles. The van der Waals surface area contributed by atoms with E-state index >= 15 is 0 Å². The highest BCUT2D eigenvalue weighted by Crippen LogP contribution is 2.19. The monoisotopic (exact) mass is 181 g/mol. The van der Waals surface area contributed by atoms with Crippen LogP contribution in [0.25, 0.3) is 0 Å². The van der Waals surface area contributed by atoms with Crippen molar-refractivity contribution in [2.45, 2.75) is 19.6 Å². The van der Waals surface area contributed by atoms with Crippen LogP contribution < -0.4 is 5.32 Å². The van der Waals surface area contributed by atoms with Gasteiger partial charge < -0.3 is 10.2 Å². The van der Waals surface area contributed by atoms with Crippen molar-refractivity contribution >= 4 is 0 Å². The molecule has 13 heavy (non-hydrogen) atoms. The van der Waals surface area contributed by atoms with E-state index < -0.39 is 5.72 Å². The minimum Gasteiger partial charge on any atom is -0.508 e. The summed E-state index contributed by atoms with van der Waals surface area (Å²) >= 11 is 0. The Labute approximate surface area is 78.0 Å². The highest BCUT2D eigenvalue weighted by Gasteiger charge is 2.20. The second-order valence-electron chi connectivity index (χ2n) is 3.15. The Kier molecular flexibility index (Phi) is 2.90. The molecule has 0 aliphatic rings. The highest BCUT2D eigenvalue weighted by molar-refractivity contribution is 5.28. The number of hydrogen-bond donors (Lipinski definition) is 3. The standard InChI is InChI=1S/C10H15NO2/c1-3-11-10(2,13)8-4-6-9(12)7-5-8/h4-7,11-13H,3H2,1-2H3. The van der Waals surface area contributed by atoms with E-state index in [0.29, 0.717) is 6.54 Å². The van der Waals surface area contributed by atoms with Gasteiger partial charge in [-0.2, -0.15) is 0 Å². The number of rotatable bonds is 3. The Balaban J connectivity index is 2.87. The van der Waals surface area contributed by atoms with E-state index in [2.05, 4.69) is 5.32 Å². The van der Waals surface area contributed by atoms with E-state index in [9.17, 15) is 5.11 Å². The fourth-order valence-corrected chi connectivity index (χ4v) is 1.23. The molecular formula is C10H15NO2. The van der Waals surface area contributed by atoms with Crippen LogP contribution in [0.15, 0.2) is 24.3 Å². The van der Waals surface area contributed by atoms with E-state index in [1.165, 1.54) is 0 Å². The second-order valence-corrected chi connectivity index (χ2v) is 3.15. The fourth-order valence-electron chi connectivity index (χ4n) is 1.23. The average Bonchev–Trinajstić information content (AvgIpc) is 2.05. The maximum Gasteiger partial charge on any atom is 0.139 e. The molecule has 0 spiro atoms. The van der Waals surface area contributed by atoms with Crippen LogP contribution in [0.4, 0.5) is 0 Å². The molecule has 3 heteroatoms. The van der Waals surface area contributed by atoms with Crippen molar-refractivity contribution in [2.24, 2.45) is 0 Å². The summed E-state index contributed by atoms with van der Waals surface area (Å²) in [6.45, 7) is 4.30. The minimum atomic E-state index is -1.03. The van der Waals surface area contributed by atoms with Crippen LogP contribution in [0.5, 0.6) is 5.75 Å². The van der Waals surface area contributed by atoms with E-state index in [1.54, 1.807) is 31.2 Å². The zero-order valence-electron chi connectivity index (χ0n) is 7.91. The van der Waals surface area contributed by atoms with Gasteiger partial charge in [0.2, 0.25) is 0 Å². The lowest BCUT2D eigenvalue weighted by atomic mass is 10.0. The molecule has 72 valence electrons. The molecule has 3 nitrogen and oxygen atoms in total. The van der Waals surface area contributed by atoms with E-state index in [-0.39, 0.29) is 5.75 Å². The lowest BCUT2D eigenvalue weighted by molar-refractivity contribution is 0.0219. The van der Waals surface area contributed by atoms with E-state index in [0.717, 1.165) is 5.56 Å². The van der Waals surface area contributed by atoms with Gasteiger partial charge in [0.05, 0.1) is 0 Å². The SMILES string of the molecule is CCNC(C)(O)c1ccc(O)cc1. The van der Waals surface area contributed by atoms with Gasteiger partial charge in [0.15, 0.2) is 0 Å². The number of phenolic OH excluding ortho intramolecular Hbond substituents is 1. The first-order chi connectivity index (χ1) is 6.06. The summed E-state index contributed by atoms with van der Waals surface area (Å²) in [4.78, 5) is 0. The Morgan fingerprint density at radius 3 is 2.31 bits per heavy atom. The number of benzene rings is 1. The van der Waals surface area contributed by atoms with Gasteiger partial charge in [0.1, 0.15) is 11.5 Å². The maximum atomic E-state index is 9.88. The van der Waals surface area contributed by atoms with Gasteiger partial charge in [0.25, 0.3) is 0 Å². The van der Waals surface area contributed by atoms with Gasteiger partial charge >= 0.3 is 0 Å². The number of aliphatic hydroxyl groups is 1. The van der Waals surface area contributed by atoms with Crippen LogP contribution in [0.3, 0.4) is 0 Å². The Bertz CT molecular complexity index is 267. The van der Waals surface area contributed by atoms with Gasteiger partial charge in [-0.3, -0.25) is 5.32 Å². The van der Waals surface area contributed by atoms with Gasteiger partial charge in [-0.25, -0.2) is 0 Å². The predicted octanol–water partition coefficient (Wildman–Crippen LogP) is 1.17. The molecule has 0 radical (unpaired) electrons. The van der Waals surface area contributed by atoms with Gasteiger partial charge in [-0.15, -0.1) is 0 Å². The minimum absolute atomic E-state index is 0.205. The zero-order valence-corrected chi connectivity index (χ0v) is 7.91. The number of nitrogens with one attached hydrogen (secondary N) is 1. The van der Waals surface area contributed by atoms with E-state index in [4.69, 9.17) is 5.11 Å². The molecule has 1 rings (SSSR count). The third kappa shape index (κ3) is 2.44. The molecule has 3 N–H and O–H groups in total. The smallest absolute Gasteiger partial charge is 0.139 e. The predicted molar refractivity (Wildman–Crippen MR) is 51.4 cm³/mol. The number of aromatic hydroxyl groups is 1. The molecule has 1 unspecified atom stereocenters. The quantitative estimate of drug-likeness (QED) is 0.613.